The number of benzene rings is 1. The predicted molar refractivity (Wildman–Crippen MR) is 112 cm³/mol. The smallest absolute Gasteiger partial charge is 0.330 e. The molecule has 0 radical (unpaired) electrons. The molecule has 2 rings (SSSR count). The summed E-state index contributed by atoms with van der Waals surface area (Å²) in [5.74, 6) is 0.771. The van der Waals surface area contributed by atoms with Crippen LogP contribution >= 0.6 is 0 Å². The Kier molecular flexibility index (Phi) is 7.60. The van der Waals surface area contributed by atoms with Gasteiger partial charge in [-0.1, -0.05) is 33.8 Å². The summed E-state index contributed by atoms with van der Waals surface area (Å²) in [5.41, 5.74) is 3.42. The van der Waals surface area contributed by atoms with Gasteiger partial charge in [0.25, 0.3) is 0 Å². The third kappa shape index (κ3) is 6.51. The lowest BCUT2D eigenvalue weighted by Crippen LogP contribution is -2.24. The normalized spacial score (nSPS) is 12.2. The number of rotatable bonds is 9. The largest absolute Gasteiger partial charge is 0.466 e. The summed E-state index contributed by atoms with van der Waals surface area (Å²) < 4.78 is 6.96. The Balaban J connectivity index is 2.12. The molecule has 0 aliphatic heterocycles. The number of methoxy groups -OCH3 is 1. The highest BCUT2D eigenvalue weighted by Crippen LogP contribution is 2.20. The fraction of sp³-hybridized carbons (Fsp3) is 0.545. The Labute approximate surface area is 162 Å². The van der Waals surface area contributed by atoms with Crippen molar-refractivity contribution in [1.29, 1.82) is 0 Å². The number of nitrogens with one attached hydrogen (secondary N) is 1. The van der Waals surface area contributed by atoms with Gasteiger partial charge in [0, 0.05) is 25.6 Å². The number of fused-ring (bicyclic) bond motifs is 1. The summed E-state index contributed by atoms with van der Waals surface area (Å²) in [7, 11) is 1.38. The number of carbonyl (C=O) groups is 1. The number of ether oxygens (including phenoxy) is 1. The minimum Gasteiger partial charge on any atom is -0.466 e. The Hall–Kier alpha value is -2.14. The first-order chi connectivity index (χ1) is 12.8. The molecule has 0 amide bonds. The fourth-order valence-corrected chi connectivity index (χ4v) is 2.98. The summed E-state index contributed by atoms with van der Waals surface area (Å²) in [4.78, 5) is 16.1. The topological polar surface area (TPSA) is 56.1 Å². The Morgan fingerprint density at radius 1 is 1.30 bits per heavy atom. The van der Waals surface area contributed by atoms with E-state index >= 15 is 0 Å². The monoisotopic (exact) mass is 371 g/mol. The van der Waals surface area contributed by atoms with Crippen LogP contribution in [0.3, 0.4) is 0 Å². The Morgan fingerprint density at radius 2 is 2.07 bits per heavy atom. The van der Waals surface area contributed by atoms with Crippen molar-refractivity contribution in [3.8, 4) is 0 Å². The maximum Gasteiger partial charge on any atom is 0.330 e. The number of esters is 1. The highest BCUT2D eigenvalue weighted by atomic mass is 16.5. The van der Waals surface area contributed by atoms with Crippen molar-refractivity contribution in [3.63, 3.8) is 0 Å². The highest BCUT2D eigenvalue weighted by molar-refractivity contribution is 5.88. The summed E-state index contributed by atoms with van der Waals surface area (Å²) in [5, 5.41) is 3.55. The van der Waals surface area contributed by atoms with Crippen molar-refractivity contribution < 1.29 is 9.53 Å². The first-order valence-corrected chi connectivity index (χ1v) is 9.80. The Morgan fingerprint density at radius 3 is 2.74 bits per heavy atom. The van der Waals surface area contributed by atoms with Crippen LogP contribution in [-0.2, 0) is 22.5 Å². The molecule has 1 aromatic carbocycles. The molecule has 5 heteroatoms. The minimum absolute atomic E-state index is 0.353. The average molecular weight is 372 g/mol. The molecule has 1 aromatic heterocycles. The molecular weight excluding hydrogens is 338 g/mol. The van der Waals surface area contributed by atoms with E-state index in [0.29, 0.717) is 5.41 Å². The molecule has 0 fully saturated rings. The second-order valence-electron chi connectivity index (χ2n) is 8.09. The average Bonchev–Trinajstić information content (AvgIpc) is 2.95. The van der Waals surface area contributed by atoms with E-state index < -0.39 is 0 Å². The van der Waals surface area contributed by atoms with Crippen LogP contribution in [0.4, 0.5) is 0 Å². The predicted octanol–water partition coefficient (Wildman–Crippen LogP) is 4.20. The molecule has 0 aliphatic carbocycles. The number of carbonyl (C=O) groups excluding carboxylic acids is 1. The summed E-state index contributed by atoms with van der Waals surface area (Å²) in [6.07, 6.45) is 6.39. The Bertz CT molecular complexity index is 785. The van der Waals surface area contributed by atoms with Crippen LogP contribution in [0.1, 0.15) is 51.9 Å². The number of aromatic nitrogens is 2. The molecule has 0 aliphatic rings. The number of imidazole rings is 1. The zero-order valence-corrected chi connectivity index (χ0v) is 17.3. The summed E-state index contributed by atoms with van der Waals surface area (Å²) in [6, 6.07) is 6.13. The third-order valence-electron chi connectivity index (χ3n) is 4.50. The molecule has 0 saturated heterocycles. The summed E-state index contributed by atoms with van der Waals surface area (Å²) >= 11 is 0. The van der Waals surface area contributed by atoms with Gasteiger partial charge >= 0.3 is 5.97 Å². The van der Waals surface area contributed by atoms with Crippen LogP contribution in [-0.4, -0.2) is 35.7 Å². The zero-order valence-electron chi connectivity index (χ0n) is 17.3. The van der Waals surface area contributed by atoms with Gasteiger partial charge in [0.15, 0.2) is 0 Å². The molecule has 5 nitrogen and oxygen atoms in total. The molecule has 0 unspecified atom stereocenters. The maximum absolute atomic E-state index is 11.3. The molecule has 1 heterocycles. The van der Waals surface area contributed by atoms with Crippen molar-refractivity contribution in [3.05, 3.63) is 35.7 Å². The van der Waals surface area contributed by atoms with Crippen molar-refractivity contribution in [2.24, 2.45) is 5.41 Å². The number of hydrogen-bond donors (Lipinski definition) is 1. The van der Waals surface area contributed by atoms with Crippen LogP contribution in [0.2, 0.25) is 0 Å². The first-order valence-electron chi connectivity index (χ1n) is 9.80. The van der Waals surface area contributed by atoms with Gasteiger partial charge in [-0.05, 0) is 48.6 Å². The van der Waals surface area contributed by atoms with Crippen molar-refractivity contribution >= 4 is 23.1 Å². The lowest BCUT2D eigenvalue weighted by molar-refractivity contribution is -0.134. The maximum atomic E-state index is 11.3. The van der Waals surface area contributed by atoms with Crippen LogP contribution in [0, 0.1) is 5.41 Å². The van der Waals surface area contributed by atoms with Gasteiger partial charge in [-0.3, -0.25) is 0 Å². The van der Waals surface area contributed by atoms with E-state index in [9.17, 15) is 4.79 Å². The van der Waals surface area contributed by atoms with Gasteiger partial charge in [-0.15, -0.1) is 0 Å². The van der Waals surface area contributed by atoms with Gasteiger partial charge < -0.3 is 14.6 Å². The molecule has 0 bridgehead atoms. The SMILES string of the molecule is CCCc1nc2cc(C=CC(=O)OC)ccc2n1CCNCCC(C)(C)C. The fourth-order valence-electron chi connectivity index (χ4n) is 2.98. The minimum atomic E-state index is -0.353. The van der Waals surface area contributed by atoms with Crippen LogP contribution in [0.25, 0.3) is 17.1 Å². The van der Waals surface area contributed by atoms with E-state index in [-0.39, 0.29) is 5.97 Å². The van der Waals surface area contributed by atoms with Crippen molar-refractivity contribution in [2.45, 2.75) is 53.5 Å². The van der Waals surface area contributed by atoms with Crippen molar-refractivity contribution in [1.82, 2.24) is 14.9 Å². The zero-order chi connectivity index (χ0) is 19.9. The van der Waals surface area contributed by atoms with Crippen molar-refractivity contribution in [2.75, 3.05) is 20.2 Å². The quantitative estimate of drug-likeness (QED) is 0.408. The van der Waals surface area contributed by atoms with E-state index in [0.717, 1.165) is 61.3 Å². The van der Waals surface area contributed by atoms with Crippen LogP contribution in [0.5, 0.6) is 0 Å². The third-order valence-corrected chi connectivity index (χ3v) is 4.50. The number of aryl methyl sites for hydroxylation is 1. The molecular formula is C22H33N3O2. The molecule has 2 aromatic rings. The van der Waals surface area contributed by atoms with Gasteiger partial charge in [0.05, 0.1) is 18.1 Å². The number of hydrogen-bond acceptors (Lipinski definition) is 4. The highest BCUT2D eigenvalue weighted by Gasteiger charge is 2.11. The standard InChI is InChI=1S/C22H33N3O2/c1-6-7-20-24-18-16-17(9-11-21(26)27-5)8-10-19(18)25(20)15-14-23-13-12-22(2,3)4/h8-11,16,23H,6-7,12-15H2,1-5H3. The van der Waals surface area contributed by atoms with E-state index in [4.69, 9.17) is 4.98 Å². The van der Waals surface area contributed by atoms with Gasteiger partial charge in [-0.2, -0.15) is 0 Å². The molecule has 148 valence electrons. The molecule has 1 N–H and O–H groups in total. The van der Waals surface area contributed by atoms with E-state index in [1.807, 2.05) is 12.1 Å². The van der Waals surface area contributed by atoms with Gasteiger partial charge in [0.2, 0.25) is 0 Å². The van der Waals surface area contributed by atoms with Crippen LogP contribution < -0.4 is 5.32 Å². The second kappa shape index (κ2) is 9.70. The first kappa shape index (κ1) is 21.2. The molecule has 0 saturated carbocycles. The molecule has 0 spiro atoms. The van der Waals surface area contributed by atoms with E-state index in [1.54, 1.807) is 6.08 Å². The van der Waals surface area contributed by atoms with E-state index in [2.05, 4.69) is 48.4 Å². The van der Waals surface area contributed by atoms with Gasteiger partial charge in [0.1, 0.15) is 5.82 Å². The molecule has 27 heavy (non-hydrogen) atoms. The molecule has 0 atom stereocenters. The lowest BCUT2D eigenvalue weighted by atomic mass is 9.92. The number of nitrogens with zero attached hydrogens (tertiary/aromatic N) is 2. The van der Waals surface area contributed by atoms with Gasteiger partial charge in [-0.25, -0.2) is 9.78 Å². The second-order valence-corrected chi connectivity index (χ2v) is 8.09. The van der Waals surface area contributed by atoms with Crippen LogP contribution in [0.15, 0.2) is 24.3 Å². The van der Waals surface area contributed by atoms with E-state index in [1.165, 1.54) is 13.2 Å². The summed E-state index contributed by atoms with van der Waals surface area (Å²) in [6.45, 7) is 11.9. The lowest BCUT2D eigenvalue weighted by Gasteiger charge is -2.18.